The Labute approximate surface area is 268 Å². The van der Waals surface area contributed by atoms with Crippen LogP contribution in [-0.2, 0) is 0 Å². The summed E-state index contributed by atoms with van der Waals surface area (Å²) >= 11 is 0. The van der Waals surface area contributed by atoms with E-state index in [2.05, 4.69) is 182 Å². The zero-order valence-electron chi connectivity index (χ0n) is 25.3. The van der Waals surface area contributed by atoms with Crippen molar-refractivity contribution in [1.29, 1.82) is 0 Å². The zero-order chi connectivity index (χ0) is 30.5. The van der Waals surface area contributed by atoms with Crippen molar-refractivity contribution in [3.05, 3.63) is 182 Å². The van der Waals surface area contributed by atoms with Crippen LogP contribution in [0.3, 0.4) is 0 Å². The predicted molar refractivity (Wildman–Crippen MR) is 198 cm³/mol. The molecule has 0 radical (unpaired) electrons. The molecule has 9 rings (SSSR count). The van der Waals surface area contributed by atoms with Crippen LogP contribution in [0.5, 0.6) is 0 Å². The molecule has 0 saturated heterocycles. The van der Waals surface area contributed by atoms with Crippen molar-refractivity contribution in [2.45, 2.75) is 0 Å². The number of hydrogen-bond donors (Lipinski definition) is 0. The Kier molecular flexibility index (Phi) is 6.25. The van der Waals surface area contributed by atoms with Gasteiger partial charge in [0, 0.05) is 0 Å². The third kappa shape index (κ3) is 4.30. The summed E-state index contributed by atoms with van der Waals surface area (Å²) in [7, 11) is 0. The van der Waals surface area contributed by atoms with Crippen molar-refractivity contribution in [3.8, 4) is 44.5 Å². The van der Waals surface area contributed by atoms with Gasteiger partial charge in [0.25, 0.3) is 0 Å². The minimum absolute atomic E-state index is 1.23. The molecule has 0 heterocycles. The topological polar surface area (TPSA) is 0 Å². The maximum absolute atomic E-state index is 2.39. The summed E-state index contributed by atoms with van der Waals surface area (Å²) in [5, 5.41) is 10.2. The van der Waals surface area contributed by atoms with Gasteiger partial charge in [0.2, 0.25) is 0 Å². The lowest BCUT2D eigenvalue weighted by Gasteiger charge is -2.18. The highest BCUT2D eigenvalue weighted by molar-refractivity contribution is 6.22. The summed E-state index contributed by atoms with van der Waals surface area (Å²) in [6, 6.07) is 66.5. The highest BCUT2D eigenvalue weighted by Gasteiger charge is 2.17. The molecule has 0 N–H and O–H groups in total. The minimum atomic E-state index is 1.23. The summed E-state index contributed by atoms with van der Waals surface area (Å²) < 4.78 is 0. The summed E-state index contributed by atoms with van der Waals surface area (Å²) in [5.41, 5.74) is 9.98. The number of hydrogen-bond acceptors (Lipinski definition) is 0. The van der Waals surface area contributed by atoms with E-state index in [9.17, 15) is 0 Å². The van der Waals surface area contributed by atoms with Gasteiger partial charge in [-0.3, -0.25) is 0 Å². The number of benzene rings is 9. The molecule has 0 atom stereocenters. The van der Waals surface area contributed by atoms with Gasteiger partial charge in [0.15, 0.2) is 0 Å². The molecule has 0 aliphatic carbocycles. The molecule has 0 nitrogen and oxygen atoms in total. The molecule has 9 aromatic rings. The second kappa shape index (κ2) is 10.9. The van der Waals surface area contributed by atoms with Crippen LogP contribution in [0.15, 0.2) is 182 Å². The lowest BCUT2D eigenvalue weighted by Crippen LogP contribution is -1.91. The van der Waals surface area contributed by atoms with Crippen LogP contribution < -0.4 is 0 Å². The van der Waals surface area contributed by atoms with Crippen LogP contribution in [0, 0.1) is 0 Å². The van der Waals surface area contributed by atoms with Crippen molar-refractivity contribution in [2.24, 2.45) is 0 Å². The summed E-state index contributed by atoms with van der Waals surface area (Å²) in [4.78, 5) is 0. The molecule has 0 spiro atoms. The van der Waals surface area contributed by atoms with Gasteiger partial charge < -0.3 is 0 Å². The van der Waals surface area contributed by atoms with E-state index in [4.69, 9.17) is 0 Å². The van der Waals surface area contributed by atoms with Crippen LogP contribution >= 0.6 is 0 Å². The lowest BCUT2D eigenvalue weighted by molar-refractivity contribution is 1.61. The molecule has 9 aromatic carbocycles. The van der Waals surface area contributed by atoms with Gasteiger partial charge in [-0.2, -0.15) is 0 Å². The van der Waals surface area contributed by atoms with Crippen LogP contribution in [0.1, 0.15) is 0 Å². The Morgan fingerprint density at radius 1 is 0.217 bits per heavy atom. The van der Waals surface area contributed by atoms with E-state index < -0.39 is 0 Å². The Balaban J connectivity index is 1.27. The first-order valence-electron chi connectivity index (χ1n) is 15.9. The minimum Gasteiger partial charge on any atom is -0.0622 e. The first kappa shape index (κ1) is 26.4. The van der Waals surface area contributed by atoms with Crippen LogP contribution in [0.2, 0.25) is 0 Å². The lowest BCUT2D eigenvalue weighted by atomic mass is 9.85. The standard InChI is InChI=1S/C46H30/c1-2-13-31(14-3-1)32-25-27-33(28-26-32)45-40-21-8-10-23-42(40)46(43-24-11-9-22-41(43)45)36-17-12-16-34(29-36)44-30-35-15-4-5-18-37(35)38-19-6-7-20-39(38)44/h1-30H. The number of fused-ring (bicyclic) bond motifs is 5. The molecule has 0 amide bonds. The molecule has 0 saturated carbocycles. The van der Waals surface area contributed by atoms with E-state index in [-0.39, 0.29) is 0 Å². The highest BCUT2D eigenvalue weighted by atomic mass is 14.2. The number of rotatable bonds is 4. The van der Waals surface area contributed by atoms with Crippen LogP contribution in [0.25, 0.3) is 87.6 Å². The monoisotopic (exact) mass is 582 g/mol. The van der Waals surface area contributed by atoms with Crippen molar-refractivity contribution in [1.82, 2.24) is 0 Å². The summed E-state index contributed by atoms with van der Waals surface area (Å²) in [5.74, 6) is 0. The van der Waals surface area contributed by atoms with Crippen LogP contribution in [-0.4, -0.2) is 0 Å². The fraction of sp³-hybridized carbons (Fsp3) is 0. The maximum Gasteiger partial charge on any atom is -0.00262 e. The highest BCUT2D eigenvalue weighted by Crippen LogP contribution is 2.45. The molecule has 0 aliphatic heterocycles. The van der Waals surface area contributed by atoms with E-state index in [0.717, 1.165) is 0 Å². The quantitative estimate of drug-likeness (QED) is 0.143. The van der Waals surface area contributed by atoms with Crippen molar-refractivity contribution in [2.75, 3.05) is 0 Å². The van der Waals surface area contributed by atoms with E-state index in [1.807, 2.05) is 0 Å². The SMILES string of the molecule is c1ccc(-c2ccc(-c3c4ccccc4c(-c4cccc(-c5cc6ccccc6c6ccccc56)c4)c4ccccc34)cc2)cc1. The molecular weight excluding hydrogens is 553 g/mol. The summed E-state index contributed by atoms with van der Waals surface area (Å²) in [6.07, 6.45) is 0. The third-order valence-electron chi connectivity index (χ3n) is 9.44. The van der Waals surface area contributed by atoms with E-state index in [0.29, 0.717) is 0 Å². The van der Waals surface area contributed by atoms with Gasteiger partial charge in [-0.25, -0.2) is 0 Å². The van der Waals surface area contributed by atoms with Gasteiger partial charge in [-0.05, 0) is 99.7 Å². The Hall–Kier alpha value is -5.98. The average Bonchev–Trinajstić information content (AvgIpc) is 3.14. The maximum atomic E-state index is 2.39. The van der Waals surface area contributed by atoms with Crippen molar-refractivity contribution in [3.63, 3.8) is 0 Å². The molecule has 46 heavy (non-hydrogen) atoms. The molecule has 0 unspecified atom stereocenters. The van der Waals surface area contributed by atoms with Crippen molar-refractivity contribution >= 4 is 43.1 Å². The Bertz CT molecular complexity index is 2500. The Morgan fingerprint density at radius 2 is 0.652 bits per heavy atom. The van der Waals surface area contributed by atoms with Crippen molar-refractivity contribution < 1.29 is 0 Å². The fourth-order valence-corrected chi connectivity index (χ4v) is 7.35. The second-order valence-electron chi connectivity index (χ2n) is 12.1. The molecule has 0 bridgehead atoms. The molecule has 0 fully saturated rings. The van der Waals surface area contributed by atoms with Gasteiger partial charge in [0.1, 0.15) is 0 Å². The van der Waals surface area contributed by atoms with Gasteiger partial charge >= 0.3 is 0 Å². The fourth-order valence-electron chi connectivity index (χ4n) is 7.35. The second-order valence-corrected chi connectivity index (χ2v) is 12.1. The van der Waals surface area contributed by atoms with Gasteiger partial charge in [-0.1, -0.05) is 170 Å². The largest absolute Gasteiger partial charge is 0.0622 e. The molecule has 0 heteroatoms. The van der Waals surface area contributed by atoms with Gasteiger partial charge in [-0.15, -0.1) is 0 Å². The molecular formula is C46H30. The smallest absolute Gasteiger partial charge is 0.00262 e. The zero-order valence-corrected chi connectivity index (χ0v) is 25.3. The molecule has 214 valence electrons. The van der Waals surface area contributed by atoms with E-state index in [1.54, 1.807) is 0 Å². The molecule has 0 aromatic heterocycles. The predicted octanol–water partition coefficient (Wildman–Crippen LogP) is 13.0. The normalized spacial score (nSPS) is 11.5. The first-order valence-corrected chi connectivity index (χ1v) is 15.9. The average molecular weight is 583 g/mol. The third-order valence-corrected chi connectivity index (χ3v) is 9.44. The summed E-state index contributed by atoms with van der Waals surface area (Å²) in [6.45, 7) is 0. The van der Waals surface area contributed by atoms with Crippen LogP contribution in [0.4, 0.5) is 0 Å². The van der Waals surface area contributed by atoms with Gasteiger partial charge in [0.05, 0.1) is 0 Å². The Morgan fingerprint density at radius 3 is 1.30 bits per heavy atom. The first-order chi connectivity index (χ1) is 22.8. The van der Waals surface area contributed by atoms with E-state index >= 15 is 0 Å². The van der Waals surface area contributed by atoms with E-state index in [1.165, 1.54) is 87.6 Å². The molecule has 0 aliphatic rings.